The van der Waals surface area contributed by atoms with Crippen LogP contribution in [0.1, 0.15) is 26.3 Å². The Balaban J connectivity index is 2.47. The van der Waals surface area contributed by atoms with Crippen LogP contribution in [0, 0.1) is 5.92 Å². The highest BCUT2D eigenvalue weighted by molar-refractivity contribution is 7.92. The molecule has 0 fully saturated rings. The van der Waals surface area contributed by atoms with Crippen molar-refractivity contribution in [2.45, 2.75) is 33.4 Å². The predicted molar refractivity (Wildman–Crippen MR) is 143 cm³/mol. The number of anilines is 1. The smallest absolute Gasteiger partial charge is 0.244 e. The van der Waals surface area contributed by atoms with Gasteiger partial charge >= 0.3 is 0 Å². The molecule has 0 aliphatic rings. The molecule has 0 heterocycles. The lowest BCUT2D eigenvalue weighted by molar-refractivity contribution is -0.139. The fraction of sp³-hybridized carbons (Fsp3) is 0.462. The summed E-state index contributed by atoms with van der Waals surface area (Å²) in [6.07, 6.45) is 1.00. The van der Waals surface area contributed by atoms with Crippen LogP contribution in [-0.2, 0) is 26.2 Å². The van der Waals surface area contributed by atoms with E-state index in [2.05, 4.69) is 5.32 Å². The number of rotatable bonds is 13. The van der Waals surface area contributed by atoms with Gasteiger partial charge in [0.2, 0.25) is 21.8 Å². The number of carbonyl (C=O) groups is 2. The number of benzene rings is 2. The van der Waals surface area contributed by atoms with E-state index in [9.17, 15) is 18.0 Å². The van der Waals surface area contributed by atoms with Crippen LogP contribution in [0.25, 0.3) is 0 Å². The molecule has 2 amide bonds. The zero-order chi connectivity index (χ0) is 27.8. The maximum Gasteiger partial charge on any atom is 0.244 e. The molecule has 2 aromatic rings. The molecule has 0 aromatic heterocycles. The Labute approximate surface area is 219 Å². The van der Waals surface area contributed by atoms with Crippen LogP contribution in [0.3, 0.4) is 0 Å². The summed E-state index contributed by atoms with van der Waals surface area (Å²) in [7, 11) is 0.472. The number of sulfonamides is 1. The van der Waals surface area contributed by atoms with Crippen molar-refractivity contribution in [2.24, 2.45) is 5.92 Å². The Kier molecular flexibility index (Phi) is 10.6. The number of methoxy groups -OCH3 is 3. The van der Waals surface area contributed by atoms with Crippen LogP contribution in [0.4, 0.5) is 5.69 Å². The molecule has 0 spiro atoms. The Morgan fingerprint density at radius 2 is 1.59 bits per heavy atom. The third-order valence-corrected chi connectivity index (χ3v) is 6.80. The summed E-state index contributed by atoms with van der Waals surface area (Å²) in [5.74, 6) is 0.563. The first-order chi connectivity index (χ1) is 17.4. The molecule has 0 aliphatic heterocycles. The normalized spacial score (nSPS) is 12.0. The zero-order valence-electron chi connectivity index (χ0n) is 22.5. The summed E-state index contributed by atoms with van der Waals surface area (Å²) in [6, 6.07) is 10.9. The fourth-order valence-corrected chi connectivity index (χ4v) is 4.43. The Morgan fingerprint density at radius 1 is 0.946 bits per heavy atom. The monoisotopic (exact) mass is 535 g/mol. The van der Waals surface area contributed by atoms with E-state index in [1.54, 1.807) is 43.3 Å². The first-order valence-corrected chi connectivity index (χ1v) is 13.7. The molecule has 37 heavy (non-hydrogen) atoms. The van der Waals surface area contributed by atoms with Gasteiger partial charge in [-0.05, 0) is 42.7 Å². The lowest BCUT2D eigenvalue weighted by Crippen LogP contribution is -2.51. The Bertz CT molecular complexity index is 1180. The summed E-state index contributed by atoms with van der Waals surface area (Å²) >= 11 is 0. The van der Waals surface area contributed by atoms with E-state index in [0.717, 1.165) is 16.1 Å². The average molecular weight is 536 g/mol. The number of hydrogen-bond donors (Lipinski definition) is 1. The van der Waals surface area contributed by atoms with E-state index < -0.39 is 28.5 Å². The van der Waals surface area contributed by atoms with E-state index in [1.165, 1.54) is 32.3 Å². The predicted octanol–water partition coefficient (Wildman–Crippen LogP) is 2.67. The molecule has 0 saturated heterocycles. The minimum absolute atomic E-state index is 0.0686. The minimum atomic E-state index is -3.93. The lowest BCUT2D eigenvalue weighted by Gasteiger charge is -2.32. The van der Waals surface area contributed by atoms with E-state index in [4.69, 9.17) is 14.2 Å². The van der Waals surface area contributed by atoms with Crippen molar-refractivity contribution in [3.8, 4) is 17.2 Å². The number of ether oxygens (including phenoxy) is 3. The summed E-state index contributed by atoms with van der Waals surface area (Å²) in [5.41, 5.74) is 0.872. The highest BCUT2D eigenvalue weighted by Gasteiger charge is 2.31. The Hall–Kier alpha value is -3.47. The van der Waals surface area contributed by atoms with Crippen LogP contribution < -0.4 is 23.8 Å². The minimum Gasteiger partial charge on any atom is -0.497 e. The number of nitrogens with zero attached hydrogens (tertiary/aromatic N) is 2. The van der Waals surface area contributed by atoms with Crippen LogP contribution in [-0.4, -0.2) is 71.8 Å². The molecule has 0 saturated carbocycles. The molecule has 10 nitrogen and oxygen atoms in total. The van der Waals surface area contributed by atoms with E-state index in [0.29, 0.717) is 18.0 Å². The van der Waals surface area contributed by atoms with Crippen LogP contribution in [0.2, 0.25) is 0 Å². The van der Waals surface area contributed by atoms with Crippen LogP contribution in [0.5, 0.6) is 17.2 Å². The molecule has 1 atom stereocenters. The molecule has 204 valence electrons. The second-order valence-corrected chi connectivity index (χ2v) is 10.9. The summed E-state index contributed by atoms with van der Waals surface area (Å²) in [4.78, 5) is 28.0. The topological polar surface area (TPSA) is 114 Å². The lowest BCUT2D eigenvalue weighted by atomic mass is 10.1. The molecule has 0 radical (unpaired) electrons. The van der Waals surface area contributed by atoms with Crippen molar-refractivity contribution in [3.63, 3.8) is 0 Å². The van der Waals surface area contributed by atoms with Gasteiger partial charge in [0.15, 0.2) is 0 Å². The molecule has 2 aromatic carbocycles. The van der Waals surface area contributed by atoms with Crippen molar-refractivity contribution in [1.82, 2.24) is 10.2 Å². The molecular weight excluding hydrogens is 498 g/mol. The average Bonchev–Trinajstić information content (AvgIpc) is 2.87. The van der Waals surface area contributed by atoms with Gasteiger partial charge < -0.3 is 24.4 Å². The van der Waals surface area contributed by atoms with Crippen LogP contribution in [0.15, 0.2) is 42.5 Å². The highest BCUT2D eigenvalue weighted by atomic mass is 32.2. The first-order valence-electron chi connectivity index (χ1n) is 11.8. The highest BCUT2D eigenvalue weighted by Crippen LogP contribution is 2.34. The second-order valence-electron chi connectivity index (χ2n) is 9.00. The zero-order valence-corrected chi connectivity index (χ0v) is 23.3. The maximum absolute atomic E-state index is 13.7. The molecular formula is C26H37N3O7S. The van der Waals surface area contributed by atoms with E-state index in [-0.39, 0.29) is 29.8 Å². The van der Waals surface area contributed by atoms with Gasteiger partial charge in [0.25, 0.3) is 0 Å². The van der Waals surface area contributed by atoms with Crippen LogP contribution >= 0.6 is 0 Å². The van der Waals surface area contributed by atoms with Crippen molar-refractivity contribution in [1.29, 1.82) is 0 Å². The van der Waals surface area contributed by atoms with Crippen molar-refractivity contribution in [2.75, 3.05) is 45.0 Å². The van der Waals surface area contributed by atoms with Gasteiger partial charge in [-0.2, -0.15) is 0 Å². The first kappa shape index (κ1) is 29.8. The van der Waals surface area contributed by atoms with Crippen molar-refractivity contribution >= 4 is 27.5 Å². The third kappa shape index (κ3) is 8.28. The standard InChI is InChI=1S/C26H37N3O7S/c1-18(2)15-27-26(31)19(3)28(16-20-9-8-10-21(13-20)34-4)25(30)17-29(37(7,32)33)23-14-22(35-5)11-12-24(23)36-6/h8-14,18-19H,15-17H2,1-7H3,(H,27,31)/t19-/m1/s1. The van der Waals surface area contributed by atoms with Gasteiger partial charge in [-0.3, -0.25) is 13.9 Å². The quantitative estimate of drug-likeness (QED) is 0.419. The fourth-order valence-electron chi connectivity index (χ4n) is 3.59. The van der Waals surface area contributed by atoms with Crippen molar-refractivity contribution < 1.29 is 32.2 Å². The molecule has 0 bridgehead atoms. The second kappa shape index (κ2) is 13.2. The molecule has 1 N–H and O–H groups in total. The van der Waals surface area contributed by atoms with Gasteiger partial charge in [-0.1, -0.05) is 26.0 Å². The summed E-state index contributed by atoms with van der Waals surface area (Å²) < 4.78 is 42.5. The molecule has 0 unspecified atom stereocenters. The Morgan fingerprint density at radius 3 is 2.16 bits per heavy atom. The van der Waals surface area contributed by atoms with Crippen molar-refractivity contribution in [3.05, 3.63) is 48.0 Å². The number of amides is 2. The van der Waals surface area contributed by atoms with Gasteiger partial charge in [0.05, 0.1) is 33.3 Å². The van der Waals surface area contributed by atoms with Gasteiger partial charge in [-0.25, -0.2) is 8.42 Å². The molecule has 2 rings (SSSR count). The largest absolute Gasteiger partial charge is 0.497 e. The summed E-state index contributed by atoms with van der Waals surface area (Å²) in [6.45, 7) is 5.52. The third-order valence-electron chi connectivity index (χ3n) is 5.67. The number of carbonyl (C=O) groups excluding carboxylic acids is 2. The number of hydrogen-bond acceptors (Lipinski definition) is 7. The number of nitrogens with one attached hydrogen (secondary N) is 1. The molecule has 11 heteroatoms. The van der Waals surface area contributed by atoms with Gasteiger partial charge in [-0.15, -0.1) is 0 Å². The summed E-state index contributed by atoms with van der Waals surface area (Å²) in [5, 5.41) is 2.85. The van der Waals surface area contributed by atoms with Gasteiger partial charge in [0, 0.05) is 19.2 Å². The SMILES string of the molecule is COc1cccc(CN(C(=O)CN(c2cc(OC)ccc2OC)S(C)(=O)=O)[C@H](C)C(=O)NCC(C)C)c1. The van der Waals surface area contributed by atoms with E-state index in [1.807, 2.05) is 13.8 Å². The van der Waals surface area contributed by atoms with E-state index >= 15 is 0 Å². The molecule has 0 aliphatic carbocycles. The van der Waals surface area contributed by atoms with Gasteiger partial charge in [0.1, 0.15) is 29.8 Å². The maximum atomic E-state index is 13.7.